The first-order valence-corrected chi connectivity index (χ1v) is 7.00. The Morgan fingerprint density at radius 2 is 2.05 bits per heavy atom. The second-order valence-electron chi connectivity index (χ2n) is 6.45. The number of rotatable bonds is 1. The van der Waals surface area contributed by atoms with Crippen LogP contribution < -0.4 is 4.74 Å². The van der Waals surface area contributed by atoms with Gasteiger partial charge in [-0.3, -0.25) is 0 Å². The fourth-order valence-corrected chi connectivity index (χ4v) is 3.95. The number of hydrogen-bond acceptors (Lipinski definition) is 3. The standard InChI is InChI=1S/C16H23NO2.BrH/c1-15-7-8-17(3)14(16(15,2)18)9-11-5-6-12(19-4)10-13(11)15;/h5-6,10,14,18H,7-9H2,1-4H3;1H/t14-,15-,16-;/m0./s1. The smallest absolute Gasteiger partial charge is 0.119 e. The lowest BCUT2D eigenvalue weighted by Crippen LogP contribution is -2.68. The number of fused-ring (bicyclic) bond motifs is 4. The minimum absolute atomic E-state index is 0. The average molecular weight is 342 g/mol. The maximum Gasteiger partial charge on any atom is 0.119 e. The molecule has 0 saturated carbocycles. The number of likely N-dealkylation sites (N-methyl/N-ethyl adjacent to an activating group) is 1. The predicted octanol–water partition coefficient (Wildman–Crippen LogP) is 2.54. The van der Waals surface area contributed by atoms with Crippen LogP contribution in [0.15, 0.2) is 18.2 Å². The van der Waals surface area contributed by atoms with Crippen molar-refractivity contribution in [1.82, 2.24) is 4.90 Å². The minimum Gasteiger partial charge on any atom is -0.497 e. The summed E-state index contributed by atoms with van der Waals surface area (Å²) in [7, 11) is 3.82. The number of halogens is 1. The number of aliphatic hydroxyl groups is 1. The van der Waals surface area contributed by atoms with E-state index in [1.807, 2.05) is 13.0 Å². The van der Waals surface area contributed by atoms with Crippen LogP contribution in [0.1, 0.15) is 31.4 Å². The van der Waals surface area contributed by atoms with Gasteiger partial charge in [0.25, 0.3) is 0 Å². The average Bonchev–Trinajstić information content (AvgIpc) is 2.38. The number of ether oxygens (including phenoxy) is 1. The highest BCUT2D eigenvalue weighted by atomic mass is 79.9. The normalized spacial score (nSPS) is 36.0. The van der Waals surface area contributed by atoms with Crippen molar-refractivity contribution in [2.75, 3.05) is 20.7 Å². The third-order valence-electron chi connectivity index (χ3n) is 5.59. The number of nitrogens with zero attached hydrogens (tertiary/aromatic N) is 1. The van der Waals surface area contributed by atoms with Crippen molar-refractivity contribution in [1.29, 1.82) is 0 Å². The van der Waals surface area contributed by atoms with Crippen LogP contribution in [0.4, 0.5) is 0 Å². The molecule has 1 aromatic rings. The van der Waals surface area contributed by atoms with Gasteiger partial charge in [-0.05, 0) is 56.6 Å². The summed E-state index contributed by atoms with van der Waals surface area (Å²) in [5, 5.41) is 11.1. The van der Waals surface area contributed by atoms with Gasteiger partial charge in [-0.15, -0.1) is 17.0 Å². The van der Waals surface area contributed by atoms with Gasteiger partial charge in [0.2, 0.25) is 0 Å². The molecule has 2 aliphatic rings. The van der Waals surface area contributed by atoms with Crippen LogP contribution in [0.3, 0.4) is 0 Å². The molecule has 0 radical (unpaired) electrons. The molecule has 112 valence electrons. The minimum atomic E-state index is -0.695. The molecule has 0 unspecified atom stereocenters. The number of piperidine rings is 1. The van der Waals surface area contributed by atoms with E-state index >= 15 is 0 Å². The highest BCUT2D eigenvalue weighted by Gasteiger charge is 2.57. The van der Waals surface area contributed by atoms with E-state index in [0.29, 0.717) is 0 Å². The van der Waals surface area contributed by atoms with Gasteiger partial charge in [-0.25, -0.2) is 0 Å². The van der Waals surface area contributed by atoms with Crippen LogP contribution in [-0.4, -0.2) is 42.4 Å². The number of hydrogen-bond donors (Lipinski definition) is 1. The van der Waals surface area contributed by atoms with Gasteiger partial charge in [0.05, 0.1) is 12.7 Å². The molecule has 1 aromatic carbocycles. The number of benzene rings is 1. The zero-order valence-corrected chi connectivity index (χ0v) is 14.4. The maximum atomic E-state index is 11.1. The van der Waals surface area contributed by atoms with Gasteiger partial charge in [0.1, 0.15) is 5.75 Å². The van der Waals surface area contributed by atoms with Crippen LogP contribution in [0.5, 0.6) is 5.75 Å². The van der Waals surface area contributed by atoms with Gasteiger partial charge in [-0.1, -0.05) is 13.0 Å². The fraction of sp³-hybridized carbons (Fsp3) is 0.625. The first-order valence-electron chi connectivity index (χ1n) is 7.00. The molecule has 1 aliphatic heterocycles. The van der Waals surface area contributed by atoms with Crippen molar-refractivity contribution in [2.45, 2.75) is 43.7 Å². The van der Waals surface area contributed by atoms with Crippen LogP contribution in [-0.2, 0) is 11.8 Å². The summed E-state index contributed by atoms with van der Waals surface area (Å²) in [5.74, 6) is 0.883. The van der Waals surface area contributed by atoms with Gasteiger partial charge < -0.3 is 14.7 Å². The molecule has 3 nitrogen and oxygen atoms in total. The topological polar surface area (TPSA) is 32.7 Å². The second-order valence-corrected chi connectivity index (χ2v) is 6.45. The van der Waals surface area contributed by atoms with E-state index in [1.54, 1.807) is 7.11 Å². The monoisotopic (exact) mass is 341 g/mol. The Morgan fingerprint density at radius 3 is 2.70 bits per heavy atom. The molecule has 0 amide bonds. The molecule has 0 aromatic heterocycles. The Bertz CT molecular complexity index is 517. The molecule has 4 heteroatoms. The summed E-state index contributed by atoms with van der Waals surface area (Å²) >= 11 is 0. The zero-order valence-electron chi connectivity index (χ0n) is 12.6. The van der Waals surface area contributed by atoms with Crippen molar-refractivity contribution in [3.8, 4) is 5.75 Å². The third-order valence-corrected chi connectivity index (χ3v) is 5.59. The first-order chi connectivity index (χ1) is 8.90. The van der Waals surface area contributed by atoms with Crippen LogP contribution >= 0.6 is 17.0 Å². The Balaban J connectivity index is 0.00000147. The van der Waals surface area contributed by atoms with Crippen LogP contribution in [0.2, 0.25) is 0 Å². The summed E-state index contributed by atoms with van der Waals surface area (Å²) in [6, 6.07) is 6.50. The van der Waals surface area contributed by atoms with E-state index in [9.17, 15) is 5.11 Å². The Hall–Kier alpha value is -0.580. The summed E-state index contributed by atoms with van der Waals surface area (Å²) in [6.07, 6.45) is 1.89. The second kappa shape index (κ2) is 5.00. The largest absolute Gasteiger partial charge is 0.497 e. The van der Waals surface area contributed by atoms with E-state index in [0.717, 1.165) is 25.1 Å². The number of methoxy groups -OCH3 is 1. The zero-order chi connectivity index (χ0) is 13.8. The van der Waals surface area contributed by atoms with Gasteiger partial charge in [-0.2, -0.15) is 0 Å². The van der Waals surface area contributed by atoms with E-state index in [1.165, 1.54) is 11.1 Å². The highest BCUT2D eigenvalue weighted by Crippen LogP contribution is 2.51. The molecule has 1 N–H and O–H groups in total. The van der Waals surface area contributed by atoms with E-state index < -0.39 is 5.60 Å². The van der Waals surface area contributed by atoms with Gasteiger partial charge in [0, 0.05) is 11.5 Å². The van der Waals surface area contributed by atoms with Crippen LogP contribution in [0, 0.1) is 0 Å². The predicted molar refractivity (Wildman–Crippen MR) is 86.0 cm³/mol. The summed E-state index contributed by atoms with van der Waals surface area (Å²) < 4.78 is 5.36. The summed E-state index contributed by atoms with van der Waals surface area (Å²) in [4.78, 5) is 2.30. The van der Waals surface area contributed by atoms with Gasteiger partial charge >= 0.3 is 0 Å². The van der Waals surface area contributed by atoms with Crippen molar-refractivity contribution >= 4 is 17.0 Å². The Morgan fingerprint density at radius 1 is 1.35 bits per heavy atom. The Kier molecular flexibility index (Phi) is 3.95. The maximum absolute atomic E-state index is 11.1. The summed E-state index contributed by atoms with van der Waals surface area (Å²) in [5.41, 5.74) is 1.73. The fourth-order valence-electron chi connectivity index (χ4n) is 3.95. The van der Waals surface area contributed by atoms with Crippen molar-refractivity contribution in [2.24, 2.45) is 0 Å². The molecular formula is C16H24BrNO2. The van der Waals surface area contributed by atoms with E-state index in [4.69, 9.17) is 4.74 Å². The molecule has 20 heavy (non-hydrogen) atoms. The van der Waals surface area contributed by atoms with Gasteiger partial charge in [0.15, 0.2) is 0 Å². The molecule has 2 bridgehead atoms. The van der Waals surface area contributed by atoms with Crippen LogP contribution in [0.25, 0.3) is 0 Å². The van der Waals surface area contributed by atoms with E-state index in [2.05, 4.69) is 31.0 Å². The molecular weight excluding hydrogens is 318 g/mol. The molecule has 1 saturated heterocycles. The molecule has 0 spiro atoms. The van der Waals surface area contributed by atoms with E-state index in [-0.39, 0.29) is 28.4 Å². The molecule has 1 fully saturated rings. The highest BCUT2D eigenvalue weighted by molar-refractivity contribution is 8.93. The first kappa shape index (κ1) is 15.8. The lowest BCUT2D eigenvalue weighted by Gasteiger charge is -2.58. The molecule has 1 aliphatic carbocycles. The van der Waals surface area contributed by atoms with Crippen molar-refractivity contribution in [3.05, 3.63) is 29.3 Å². The lowest BCUT2D eigenvalue weighted by molar-refractivity contribution is -0.121. The molecule has 3 rings (SSSR count). The Labute approximate surface area is 131 Å². The third kappa shape index (κ3) is 1.92. The summed E-state index contributed by atoms with van der Waals surface area (Å²) in [6.45, 7) is 5.23. The molecule has 3 atom stereocenters. The number of likely N-dealkylation sites (tertiary alicyclic amines) is 1. The SMILES string of the molecule is Br.COc1ccc2c(c1)[C@]1(C)CCN(C)[C@@H](C2)[C@]1(C)O. The molecule has 1 heterocycles. The lowest BCUT2D eigenvalue weighted by atomic mass is 9.56. The van der Waals surface area contributed by atoms with Crippen molar-refractivity contribution < 1.29 is 9.84 Å². The van der Waals surface area contributed by atoms with Crippen molar-refractivity contribution in [3.63, 3.8) is 0 Å². The quantitative estimate of drug-likeness (QED) is 0.851.